The van der Waals surface area contributed by atoms with Crippen LogP contribution in [-0.4, -0.2) is 24.6 Å². The Kier molecular flexibility index (Phi) is 5.82. The number of hydrogen-bond donors (Lipinski definition) is 1. The first-order valence-electron chi connectivity index (χ1n) is 7.94. The van der Waals surface area contributed by atoms with E-state index in [2.05, 4.69) is 10.3 Å². The van der Waals surface area contributed by atoms with Crippen molar-refractivity contribution in [3.63, 3.8) is 0 Å². The number of unbranched alkanes of at least 4 members (excludes halogenated alkanes) is 1. The van der Waals surface area contributed by atoms with Gasteiger partial charge in [-0.25, -0.2) is 5.48 Å². The molecule has 0 unspecified atom stereocenters. The Hall–Kier alpha value is -2.53. The fourth-order valence-electron chi connectivity index (χ4n) is 2.64. The third-order valence-electron chi connectivity index (χ3n) is 4.01. The predicted octanol–water partition coefficient (Wildman–Crippen LogP) is 3.18. The van der Waals surface area contributed by atoms with Gasteiger partial charge < -0.3 is 0 Å². The van der Waals surface area contributed by atoms with Gasteiger partial charge in [-0.15, -0.1) is 0 Å². The molecule has 1 N–H and O–H groups in total. The number of Topliss-reactive ketones (excluding diaryl/α,β-unsaturated/α-hetero) is 2. The highest BCUT2D eigenvalue weighted by Gasteiger charge is 2.29. The quantitative estimate of drug-likeness (QED) is 0.643. The maximum absolute atomic E-state index is 12.7. The summed E-state index contributed by atoms with van der Waals surface area (Å²) in [6, 6.07) is 6.74. The molecule has 0 fully saturated rings. The molecule has 1 aromatic carbocycles. The molecule has 1 aromatic rings. The van der Waals surface area contributed by atoms with Crippen LogP contribution in [0, 0.1) is 0 Å². The molecule has 0 atom stereocenters. The third kappa shape index (κ3) is 3.51. The molecule has 0 aromatic heterocycles. The van der Waals surface area contributed by atoms with Crippen LogP contribution in [0.2, 0.25) is 0 Å². The highest BCUT2D eigenvalue weighted by atomic mass is 16.6. The van der Waals surface area contributed by atoms with E-state index in [4.69, 9.17) is 0 Å². The summed E-state index contributed by atoms with van der Waals surface area (Å²) >= 11 is 0. The smallest absolute Gasteiger partial charge is 0.270 e. The first-order chi connectivity index (χ1) is 11.5. The van der Waals surface area contributed by atoms with Crippen LogP contribution in [0.1, 0.15) is 53.8 Å². The van der Waals surface area contributed by atoms with Crippen molar-refractivity contribution >= 4 is 17.5 Å². The van der Waals surface area contributed by atoms with E-state index in [1.807, 2.05) is 6.92 Å². The number of rotatable bonds is 6. The highest BCUT2D eigenvalue weighted by molar-refractivity contribution is 6.28. The molecule has 5 nitrogen and oxygen atoms in total. The van der Waals surface area contributed by atoms with Crippen molar-refractivity contribution in [2.75, 3.05) is 7.11 Å². The standard InChI is InChI=1S/C19H21NO4/c1-4-5-8-13(19(23)20-24-3)11-16-12(2)17(21)14-9-6-7-10-15(14)18(16)22/h6-7,9-11H,4-5,8H2,1-3H3,(H,20,23)/b13-11-. The van der Waals surface area contributed by atoms with E-state index in [0.717, 1.165) is 12.8 Å². The average molecular weight is 327 g/mol. The monoisotopic (exact) mass is 327 g/mol. The number of hydroxylamine groups is 1. The van der Waals surface area contributed by atoms with Gasteiger partial charge in [0.05, 0.1) is 7.11 Å². The zero-order valence-corrected chi connectivity index (χ0v) is 14.1. The van der Waals surface area contributed by atoms with Crippen LogP contribution in [0.3, 0.4) is 0 Å². The summed E-state index contributed by atoms with van der Waals surface area (Å²) in [7, 11) is 1.35. The number of ketones is 2. The number of allylic oxidation sites excluding steroid dienone is 3. The zero-order valence-electron chi connectivity index (χ0n) is 14.1. The molecule has 0 bridgehead atoms. The van der Waals surface area contributed by atoms with Crippen molar-refractivity contribution < 1.29 is 19.2 Å². The Morgan fingerprint density at radius 1 is 1.17 bits per heavy atom. The van der Waals surface area contributed by atoms with Crippen molar-refractivity contribution in [1.29, 1.82) is 0 Å². The molecule has 5 heteroatoms. The molecule has 1 aliphatic carbocycles. The Morgan fingerprint density at radius 2 is 1.79 bits per heavy atom. The maximum atomic E-state index is 12.7. The first-order valence-corrected chi connectivity index (χ1v) is 7.94. The summed E-state index contributed by atoms with van der Waals surface area (Å²) in [6.45, 7) is 3.63. The summed E-state index contributed by atoms with van der Waals surface area (Å²) in [6.07, 6.45) is 3.74. The Balaban J connectivity index is 2.47. The minimum atomic E-state index is -0.398. The molecule has 1 aliphatic rings. The topological polar surface area (TPSA) is 72.5 Å². The average Bonchev–Trinajstić information content (AvgIpc) is 2.59. The molecular formula is C19H21NO4. The van der Waals surface area contributed by atoms with Crippen molar-refractivity contribution in [1.82, 2.24) is 5.48 Å². The van der Waals surface area contributed by atoms with Gasteiger partial charge in [0.25, 0.3) is 5.91 Å². The van der Waals surface area contributed by atoms with Gasteiger partial charge in [0.15, 0.2) is 11.6 Å². The number of amides is 1. The molecule has 126 valence electrons. The van der Waals surface area contributed by atoms with Gasteiger partial charge in [-0.05, 0) is 25.8 Å². The molecule has 0 heterocycles. The van der Waals surface area contributed by atoms with Crippen molar-refractivity contribution in [3.8, 4) is 0 Å². The van der Waals surface area contributed by atoms with Crippen molar-refractivity contribution in [3.05, 3.63) is 58.2 Å². The van der Waals surface area contributed by atoms with Crippen LogP contribution >= 0.6 is 0 Å². The van der Waals surface area contributed by atoms with Crippen LogP contribution in [0.25, 0.3) is 0 Å². The Labute approximate surface area is 141 Å². The van der Waals surface area contributed by atoms with Gasteiger partial charge in [-0.2, -0.15) is 0 Å². The lowest BCUT2D eigenvalue weighted by Crippen LogP contribution is -2.25. The van der Waals surface area contributed by atoms with Crippen molar-refractivity contribution in [2.45, 2.75) is 33.1 Å². The van der Waals surface area contributed by atoms with E-state index in [9.17, 15) is 14.4 Å². The number of nitrogens with one attached hydrogen (secondary N) is 1. The molecule has 0 aliphatic heterocycles. The highest BCUT2D eigenvalue weighted by Crippen LogP contribution is 2.28. The fourth-order valence-corrected chi connectivity index (χ4v) is 2.64. The lowest BCUT2D eigenvalue weighted by Gasteiger charge is -2.18. The van der Waals surface area contributed by atoms with Crippen LogP contribution < -0.4 is 5.48 Å². The van der Waals surface area contributed by atoms with Gasteiger partial charge in [0.1, 0.15) is 0 Å². The van der Waals surface area contributed by atoms with E-state index in [1.54, 1.807) is 31.2 Å². The van der Waals surface area contributed by atoms with Gasteiger partial charge in [0.2, 0.25) is 0 Å². The van der Waals surface area contributed by atoms with E-state index in [-0.39, 0.29) is 17.1 Å². The number of benzene rings is 1. The largest absolute Gasteiger partial charge is 0.289 e. The summed E-state index contributed by atoms with van der Waals surface area (Å²) in [5.41, 5.74) is 4.12. The molecule has 2 rings (SSSR count). The molecule has 24 heavy (non-hydrogen) atoms. The second-order valence-electron chi connectivity index (χ2n) is 5.65. The predicted molar refractivity (Wildman–Crippen MR) is 90.6 cm³/mol. The number of carbonyl (C=O) groups is 3. The van der Waals surface area contributed by atoms with Crippen LogP contribution in [0.4, 0.5) is 0 Å². The van der Waals surface area contributed by atoms with Gasteiger partial charge in [0, 0.05) is 27.8 Å². The van der Waals surface area contributed by atoms with Gasteiger partial charge in [-0.1, -0.05) is 37.6 Å². The molecular weight excluding hydrogens is 306 g/mol. The van der Waals surface area contributed by atoms with E-state index >= 15 is 0 Å². The van der Waals surface area contributed by atoms with Crippen LogP contribution in [0.5, 0.6) is 0 Å². The molecule has 0 saturated carbocycles. The van der Waals surface area contributed by atoms with Crippen molar-refractivity contribution in [2.24, 2.45) is 0 Å². The zero-order chi connectivity index (χ0) is 17.7. The normalized spacial score (nSPS) is 14.7. The summed E-state index contributed by atoms with van der Waals surface area (Å²) < 4.78 is 0. The second kappa shape index (κ2) is 7.84. The minimum Gasteiger partial charge on any atom is -0.289 e. The molecule has 0 saturated heterocycles. The van der Waals surface area contributed by atoms with E-state index in [1.165, 1.54) is 13.2 Å². The Morgan fingerprint density at radius 3 is 2.38 bits per heavy atom. The van der Waals surface area contributed by atoms with Crippen LogP contribution in [-0.2, 0) is 9.63 Å². The van der Waals surface area contributed by atoms with Crippen LogP contribution in [0.15, 0.2) is 47.1 Å². The van der Waals surface area contributed by atoms with Gasteiger partial charge >= 0.3 is 0 Å². The summed E-state index contributed by atoms with van der Waals surface area (Å²) in [4.78, 5) is 42.1. The number of fused-ring (bicyclic) bond motifs is 1. The van der Waals surface area contributed by atoms with E-state index in [0.29, 0.717) is 28.7 Å². The lowest BCUT2D eigenvalue weighted by atomic mass is 9.83. The maximum Gasteiger partial charge on any atom is 0.270 e. The molecule has 0 spiro atoms. The van der Waals surface area contributed by atoms with E-state index < -0.39 is 5.91 Å². The first kappa shape index (κ1) is 17.8. The molecule has 1 amide bonds. The number of hydrogen-bond acceptors (Lipinski definition) is 4. The third-order valence-corrected chi connectivity index (χ3v) is 4.01. The summed E-state index contributed by atoms with van der Waals surface area (Å²) in [5, 5.41) is 0. The Bertz CT molecular complexity index is 743. The second-order valence-corrected chi connectivity index (χ2v) is 5.65. The number of carbonyl (C=O) groups excluding carboxylic acids is 3. The molecule has 0 radical (unpaired) electrons. The fraction of sp³-hybridized carbons (Fsp3) is 0.316. The SMILES string of the molecule is CCCC/C(=C/C1=C(C)C(=O)c2ccccc2C1=O)C(=O)NOC. The lowest BCUT2D eigenvalue weighted by molar-refractivity contribution is -0.127. The summed E-state index contributed by atoms with van der Waals surface area (Å²) in [5.74, 6) is -0.814. The van der Waals surface area contributed by atoms with Gasteiger partial charge in [-0.3, -0.25) is 19.2 Å². The minimum absolute atomic E-state index is 0.182.